The van der Waals surface area contributed by atoms with Crippen LogP contribution in [0.5, 0.6) is 5.88 Å². The molecule has 1 saturated carbocycles. The first-order valence-electron chi connectivity index (χ1n) is 8.73. The van der Waals surface area contributed by atoms with Gasteiger partial charge in [0.05, 0.1) is 12.1 Å². The van der Waals surface area contributed by atoms with E-state index in [4.69, 9.17) is 10.5 Å². The molecular weight excluding hydrogens is 344 g/mol. The van der Waals surface area contributed by atoms with Gasteiger partial charge in [0.2, 0.25) is 5.88 Å². The molecule has 2 aromatic heterocycles. The van der Waals surface area contributed by atoms with Gasteiger partial charge in [-0.05, 0) is 44.0 Å². The largest absolute Gasteiger partial charge is 0.477 e. The Hall–Kier alpha value is -3.60. The minimum atomic E-state index is -0.152. The Balaban J connectivity index is 1.79. The Morgan fingerprint density at radius 2 is 2.22 bits per heavy atom. The number of nitrogens with one attached hydrogen (secondary N) is 2. The number of anilines is 1. The van der Waals surface area contributed by atoms with Crippen LogP contribution in [0.1, 0.15) is 35.7 Å². The van der Waals surface area contributed by atoms with Gasteiger partial charge >= 0.3 is 0 Å². The van der Waals surface area contributed by atoms with Crippen LogP contribution in [0, 0.1) is 11.3 Å². The number of benzene rings is 1. The van der Waals surface area contributed by atoms with Crippen LogP contribution in [0.3, 0.4) is 0 Å². The summed E-state index contributed by atoms with van der Waals surface area (Å²) >= 11 is 0. The van der Waals surface area contributed by atoms with Crippen molar-refractivity contribution in [2.75, 3.05) is 12.3 Å². The molecule has 1 aromatic carbocycles. The Kier molecular flexibility index (Phi) is 4.12. The van der Waals surface area contributed by atoms with E-state index in [1.165, 1.54) is 0 Å². The fourth-order valence-electron chi connectivity index (χ4n) is 2.88. The molecule has 0 aliphatic heterocycles. The van der Waals surface area contributed by atoms with Crippen molar-refractivity contribution in [2.45, 2.75) is 25.8 Å². The van der Waals surface area contributed by atoms with E-state index >= 15 is 0 Å². The van der Waals surface area contributed by atoms with Gasteiger partial charge in [0.1, 0.15) is 22.8 Å². The lowest BCUT2D eigenvalue weighted by Crippen LogP contribution is -2.25. The minimum Gasteiger partial charge on any atom is -0.477 e. The van der Waals surface area contributed by atoms with Crippen LogP contribution in [0.2, 0.25) is 0 Å². The number of pyridine rings is 1. The average Bonchev–Trinajstić information content (AvgIpc) is 3.37. The van der Waals surface area contributed by atoms with Crippen molar-refractivity contribution in [3.05, 3.63) is 35.4 Å². The maximum Gasteiger partial charge on any atom is 0.251 e. The molecule has 1 amide bonds. The topological polar surface area (TPSA) is 130 Å². The fraction of sp³-hybridized carbons (Fsp3) is 0.263. The lowest BCUT2D eigenvalue weighted by atomic mass is 10.0. The molecule has 0 bridgehead atoms. The van der Waals surface area contributed by atoms with Gasteiger partial charge < -0.3 is 15.8 Å². The minimum absolute atomic E-state index is 0.152. The Morgan fingerprint density at radius 1 is 1.41 bits per heavy atom. The number of ether oxygens (including phenoxy) is 1. The summed E-state index contributed by atoms with van der Waals surface area (Å²) in [5, 5.41) is 19.4. The van der Waals surface area contributed by atoms with Gasteiger partial charge in [-0.3, -0.25) is 9.89 Å². The monoisotopic (exact) mass is 362 g/mol. The SMILES string of the molecule is CCOc1nc2c(-c3cc(N)cc(C(=O)NC4CC4)c3)n[nH]c2cc1C#N. The summed E-state index contributed by atoms with van der Waals surface area (Å²) in [4.78, 5) is 16.8. The molecule has 1 fully saturated rings. The predicted molar refractivity (Wildman–Crippen MR) is 100 cm³/mol. The third-order valence-corrected chi connectivity index (χ3v) is 4.31. The molecule has 0 radical (unpaired) electrons. The Labute approximate surface area is 155 Å². The van der Waals surface area contributed by atoms with Crippen molar-refractivity contribution in [3.8, 4) is 23.2 Å². The molecule has 0 saturated heterocycles. The summed E-state index contributed by atoms with van der Waals surface area (Å²) < 4.78 is 5.47. The lowest BCUT2D eigenvalue weighted by molar-refractivity contribution is 0.0951. The molecule has 0 unspecified atom stereocenters. The number of hydrogen-bond acceptors (Lipinski definition) is 6. The number of rotatable bonds is 5. The van der Waals surface area contributed by atoms with Crippen molar-refractivity contribution in [1.82, 2.24) is 20.5 Å². The van der Waals surface area contributed by atoms with E-state index in [1.807, 2.05) is 6.92 Å². The molecule has 8 heteroatoms. The first-order valence-corrected chi connectivity index (χ1v) is 8.73. The van der Waals surface area contributed by atoms with E-state index in [0.717, 1.165) is 12.8 Å². The first kappa shape index (κ1) is 16.8. The number of nitrogen functional groups attached to an aromatic ring is 1. The van der Waals surface area contributed by atoms with Crippen molar-refractivity contribution >= 4 is 22.6 Å². The second kappa shape index (κ2) is 6.61. The third kappa shape index (κ3) is 3.27. The molecule has 8 nitrogen and oxygen atoms in total. The summed E-state index contributed by atoms with van der Waals surface area (Å²) in [5.74, 6) is 0.103. The second-order valence-electron chi connectivity index (χ2n) is 6.45. The fourth-order valence-corrected chi connectivity index (χ4v) is 2.88. The molecule has 1 aliphatic rings. The number of H-pyrrole nitrogens is 1. The van der Waals surface area contributed by atoms with Crippen LogP contribution in [0.15, 0.2) is 24.3 Å². The summed E-state index contributed by atoms with van der Waals surface area (Å²) in [7, 11) is 0. The van der Waals surface area contributed by atoms with Gasteiger partial charge in [0.25, 0.3) is 5.91 Å². The lowest BCUT2D eigenvalue weighted by Gasteiger charge is -2.08. The number of amides is 1. The van der Waals surface area contributed by atoms with E-state index in [-0.39, 0.29) is 17.8 Å². The number of nitrogens with two attached hydrogens (primary N) is 1. The Bertz CT molecular complexity index is 1080. The summed E-state index contributed by atoms with van der Waals surface area (Å²) in [5.41, 5.74) is 9.65. The molecule has 0 atom stereocenters. The van der Waals surface area contributed by atoms with E-state index in [1.54, 1.807) is 24.3 Å². The normalized spacial score (nSPS) is 13.3. The zero-order valence-corrected chi connectivity index (χ0v) is 14.7. The van der Waals surface area contributed by atoms with Crippen LogP contribution < -0.4 is 15.8 Å². The molecular formula is C19H18N6O2. The highest BCUT2D eigenvalue weighted by molar-refractivity contribution is 5.98. The maximum absolute atomic E-state index is 12.4. The highest BCUT2D eigenvalue weighted by atomic mass is 16.5. The molecule has 4 rings (SSSR count). The number of fused-ring (bicyclic) bond motifs is 1. The molecule has 2 heterocycles. The quantitative estimate of drug-likeness (QED) is 0.597. The molecule has 4 N–H and O–H groups in total. The number of aromatic nitrogens is 3. The summed E-state index contributed by atoms with van der Waals surface area (Å²) in [6.07, 6.45) is 2.02. The maximum atomic E-state index is 12.4. The number of hydrogen-bond donors (Lipinski definition) is 3. The van der Waals surface area contributed by atoms with E-state index < -0.39 is 0 Å². The van der Waals surface area contributed by atoms with Crippen molar-refractivity contribution in [1.29, 1.82) is 5.26 Å². The van der Waals surface area contributed by atoms with Gasteiger partial charge in [-0.1, -0.05) is 0 Å². The van der Waals surface area contributed by atoms with E-state index in [9.17, 15) is 10.1 Å². The summed E-state index contributed by atoms with van der Waals surface area (Å²) in [6, 6.07) is 9.10. The van der Waals surface area contributed by atoms with Crippen LogP contribution >= 0.6 is 0 Å². The zero-order chi connectivity index (χ0) is 19.0. The van der Waals surface area contributed by atoms with Gasteiger partial charge in [-0.25, -0.2) is 4.98 Å². The number of nitriles is 1. The predicted octanol–water partition coefficient (Wildman–Crippen LogP) is 2.37. The van der Waals surface area contributed by atoms with Gasteiger partial charge in [-0.15, -0.1) is 0 Å². The molecule has 136 valence electrons. The average molecular weight is 362 g/mol. The van der Waals surface area contributed by atoms with E-state index in [2.05, 4.69) is 26.6 Å². The first-order chi connectivity index (χ1) is 13.1. The zero-order valence-electron chi connectivity index (χ0n) is 14.7. The molecule has 27 heavy (non-hydrogen) atoms. The smallest absolute Gasteiger partial charge is 0.251 e. The number of carbonyl (C=O) groups is 1. The third-order valence-electron chi connectivity index (χ3n) is 4.31. The van der Waals surface area contributed by atoms with Gasteiger partial charge in [0.15, 0.2) is 0 Å². The highest BCUT2D eigenvalue weighted by Gasteiger charge is 2.24. The summed E-state index contributed by atoms with van der Waals surface area (Å²) in [6.45, 7) is 2.22. The highest BCUT2D eigenvalue weighted by Crippen LogP contribution is 2.30. The van der Waals surface area contributed by atoms with Gasteiger partial charge in [0, 0.05) is 22.9 Å². The standard InChI is InChI=1S/C19H18N6O2/c1-2-27-19-12(9-20)8-15-17(23-19)16(25-24-15)10-5-11(7-13(21)6-10)18(26)22-14-3-4-14/h5-8,14H,2-4,21H2,1H3,(H,22,26)(H,24,25). The molecule has 3 aromatic rings. The van der Waals surface area contributed by atoms with Crippen LogP contribution in [-0.2, 0) is 0 Å². The van der Waals surface area contributed by atoms with E-state index in [0.29, 0.717) is 45.7 Å². The van der Waals surface area contributed by atoms with Crippen molar-refractivity contribution in [3.63, 3.8) is 0 Å². The van der Waals surface area contributed by atoms with Crippen LogP contribution in [0.4, 0.5) is 5.69 Å². The van der Waals surface area contributed by atoms with Crippen molar-refractivity contribution < 1.29 is 9.53 Å². The number of carbonyl (C=O) groups excluding carboxylic acids is 1. The number of aromatic amines is 1. The van der Waals surface area contributed by atoms with Gasteiger partial charge in [-0.2, -0.15) is 10.4 Å². The van der Waals surface area contributed by atoms with Crippen molar-refractivity contribution in [2.24, 2.45) is 0 Å². The molecule has 1 aliphatic carbocycles. The number of nitrogens with zero attached hydrogens (tertiary/aromatic N) is 3. The van der Waals surface area contributed by atoms with Crippen LogP contribution in [-0.4, -0.2) is 33.7 Å². The molecule has 0 spiro atoms. The van der Waals surface area contributed by atoms with Crippen LogP contribution in [0.25, 0.3) is 22.3 Å². The Morgan fingerprint density at radius 3 is 2.93 bits per heavy atom. The second-order valence-corrected chi connectivity index (χ2v) is 6.45.